The largest absolute Gasteiger partial charge is 0.490 e. The van der Waals surface area contributed by atoms with Crippen molar-refractivity contribution < 1.29 is 18.7 Å². The fraction of sp³-hybridized carbons (Fsp3) is 0.562. The molecule has 1 rings (SSSR count). The lowest BCUT2D eigenvalue weighted by Gasteiger charge is -2.30. The minimum atomic E-state index is -0.829. The minimum absolute atomic E-state index is 0.270. The zero-order chi connectivity index (χ0) is 16.0. The predicted molar refractivity (Wildman–Crippen MR) is 79.9 cm³/mol. The number of halogens is 1. The Labute approximate surface area is 125 Å². The first-order valence-corrected chi connectivity index (χ1v) is 7.08. The number of likely N-dealkylation sites (N-methyl/N-ethyl adjacent to an activating group) is 1. The normalized spacial score (nSPS) is 15.1. The molecule has 0 amide bonds. The standard InChI is InChI=1S/C16H24FNO3/c1-6-18-16(4,15(19)20-5)10-12(3)21-14-9-13(17)8-7-11(14)2/h7-9,12,18H,6,10H2,1-5H3. The summed E-state index contributed by atoms with van der Waals surface area (Å²) in [7, 11) is 1.36. The van der Waals surface area contributed by atoms with Gasteiger partial charge in [0.05, 0.1) is 13.2 Å². The van der Waals surface area contributed by atoms with Crippen molar-refractivity contribution in [2.45, 2.75) is 45.8 Å². The number of esters is 1. The number of hydrogen-bond acceptors (Lipinski definition) is 4. The number of rotatable bonds is 7. The molecule has 0 aliphatic heterocycles. The van der Waals surface area contributed by atoms with Crippen molar-refractivity contribution in [2.75, 3.05) is 13.7 Å². The van der Waals surface area contributed by atoms with E-state index >= 15 is 0 Å². The number of aryl methyl sites for hydroxylation is 1. The van der Waals surface area contributed by atoms with E-state index in [9.17, 15) is 9.18 Å². The van der Waals surface area contributed by atoms with Gasteiger partial charge < -0.3 is 14.8 Å². The molecule has 5 heteroatoms. The first-order chi connectivity index (χ1) is 9.82. The second-order valence-corrected chi connectivity index (χ2v) is 5.40. The first-order valence-electron chi connectivity index (χ1n) is 7.08. The molecule has 2 atom stereocenters. The summed E-state index contributed by atoms with van der Waals surface area (Å²) in [5.41, 5.74) is 0.0240. The molecule has 2 unspecified atom stereocenters. The van der Waals surface area contributed by atoms with E-state index < -0.39 is 5.54 Å². The SMILES string of the molecule is CCNC(C)(CC(C)Oc1cc(F)ccc1C)C(=O)OC. The molecule has 0 aliphatic carbocycles. The Morgan fingerprint density at radius 1 is 1.48 bits per heavy atom. The van der Waals surface area contributed by atoms with Crippen LogP contribution in [0.2, 0.25) is 0 Å². The highest BCUT2D eigenvalue weighted by Gasteiger charge is 2.35. The number of ether oxygens (including phenoxy) is 2. The average Bonchev–Trinajstić information content (AvgIpc) is 2.42. The first kappa shape index (κ1) is 17.4. The van der Waals surface area contributed by atoms with Gasteiger partial charge in [0.15, 0.2) is 0 Å². The summed E-state index contributed by atoms with van der Waals surface area (Å²) < 4.78 is 23.9. The van der Waals surface area contributed by atoms with Gasteiger partial charge in [-0.3, -0.25) is 4.79 Å². The highest BCUT2D eigenvalue weighted by molar-refractivity contribution is 5.80. The van der Waals surface area contributed by atoms with Crippen molar-refractivity contribution in [1.29, 1.82) is 0 Å². The maximum absolute atomic E-state index is 13.3. The van der Waals surface area contributed by atoms with Crippen molar-refractivity contribution in [2.24, 2.45) is 0 Å². The smallest absolute Gasteiger partial charge is 0.325 e. The molecule has 1 aromatic carbocycles. The molecule has 0 saturated carbocycles. The van der Waals surface area contributed by atoms with E-state index in [1.54, 1.807) is 13.0 Å². The van der Waals surface area contributed by atoms with Crippen LogP contribution in [0, 0.1) is 12.7 Å². The second kappa shape index (κ2) is 7.41. The second-order valence-electron chi connectivity index (χ2n) is 5.40. The zero-order valence-electron chi connectivity index (χ0n) is 13.3. The van der Waals surface area contributed by atoms with Crippen LogP contribution in [-0.2, 0) is 9.53 Å². The van der Waals surface area contributed by atoms with E-state index in [2.05, 4.69) is 5.32 Å². The van der Waals surface area contributed by atoms with Crippen LogP contribution in [0.3, 0.4) is 0 Å². The fourth-order valence-electron chi connectivity index (χ4n) is 2.38. The third kappa shape index (κ3) is 4.70. The minimum Gasteiger partial charge on any atom is -0.490 e. The van der Waals surface area contributed by atoms with E-state index in [0.717, 1.165) is 5.56 Å². The third-order valence-corrected chi connectivity index (χ3v) is 3.38. The topological polar surface area (TPSA) is 47.6 Å². The summed E-state index contributed by atoms with van der Waals surface area (Å²) in [4.78, 5) is 11.9. The van der Waals surface area contributed by atoms with E-state index in [1.807, 2.05) is 20.8 Å². The number of carbonyl (C=O) groups excluding carboxylic acids is 1. The molecule has 4 nitrogen and oxygen atoms in total. The molecule has 0 radical (unpaired) electrons. The Bertz CT molecular complexity index is 492. The highest BCUT2D eigenvalue weighted by atomic mass is 19.1. The Morgan fingerprint density at radius 2 is 2.14 bits per heavy atom. The van der Waals surface area contributed by atoms with Crippen LogP contribution in [0.1, 0.15) is 32.8 Å². The molecule has 21 heavy (non-hydrogen) atoms. The molecular formula is C16H24FNO3. The van der Waals surface area contributed by atoms with Crippen LogP contribution in [0.25, 0.3) is 0 Å². The summed E-state index contributed by atoms with van der Waals surface area (Å²) in [6.45, 7) is 8.04. The molecule has 0 fully saturated rings. The number of hydrogen-bond donors (Lipinski definition) is 1. The molecule has 0 saturated heterocycles. The average molecular weight is 297 g/mol. The number of nitrogens with one attached hydrogen (secondary N) is 1. The number of methoxy groups -OCH3 is 1. The summed E-state index contributed by atoms with van der Waals surface area (Å²) in [6.07, 6.45) is 0.150. The van der Waals surface area contributed by atoms with Crippen LogP contribution in [0.15, 0.2) is 18.2 Å². The molecule has 0 aliphatic rings. The molecule has 0 spiro atoms. The van der Waals surface area contributed by atoms with Crippen LogP contribution >= 0.6 is 0 Å². The lowest BCUT2D eigenvalue weighted by atomic mass is 9.94. The van der Waals surface area contributed by atoms with Crippen molar-refractivity contribution in [3.63, 3.8) is 0 Å². The maximum Gasteiger partial charge on any atom is 0.325 e. The van der Waals surface area contributed by atoms with Gasteiger partial charge in [0.1, 0.15) is 17.1 Å². The Kier molecular flexibility index (Phi) is 6.15. The van der Waals surface area contributed by atoms with Gasteiger partial charge >= 0.3 is 5.97 Å². The molecule has 0 aromatic heterocycles. The summed E-state index contributed by atoms with van der Waals surface area (Å²) in [5.74, 6) is -0.188. The molecule has 118 valence electrons. The molecule has 0 heterocycles. The van der Waals surface area contributed by atoms with Crippen LogP contribution in [-0.4, -0.2) is 31.3 Å². The fourth-order valence-corrected chi connectivity index (χ4v) is 2.38. The Hall–Kier alpha value is -1.62. The molecule has 0 bridgehead atoms. The van der Waals surface area contributed by atoms with Gasteiger partial charge in [-0.25, -0.2) is 4.39 Å². The van der Waals surface area contributed by atoms with Gasteiger partial charge in [0.2, 0.25) is 0 Å². The highest BCUT2D eigenvalue weighted by Crippen LogP contribution is 2.23. The summed E-state index contributed by atoms with van der Waals surface area (Å²) in [6, 6.07) is 4.42. The van der Waals surface area contributed by atoms with Gasteiger partial charge in [-0.05, 0) is 38.9 Å². The van der Waals surface area contributed by atoms with Crippen LogP contribution < -0.4 is 10.1 Å². The van der Waals surface area contributed by atoms with Gasteiger partial charge in [0, 0.05) is 12.5 Å². The van der Waals surface area contributed by atoms with Gasteiger partial charge in [-0.2, -0.15) is 0 Å². The van der Waals surface area contributed by atoms with Crippen molar-refractivity contribution in [1.82, 2.24) is 5.32 Å². The Morgan fingerprint density at radius 3 is 2.71 bits per heavy atom. The van der Waals surface area contributed by atoms with Crippen molar-refractivity contribution in [3.8, 4) is 5.75 Å². The maximum atomic E-state index is 13.3. The van der Waals surface area contributed by atoms with Gasteiger partial charge in [-0.15, -0.1) is 0 Å². The van der Waals surface area contributed by atoms with E-state index in [0.29, 0.717) is 18.7 Å². The zero-order valence-corrected chi connectivity index (χ0v) is 13.3. The van der Waals surface area contributed by atoms with E-state index in [1.165, 1.54) is 19.2 Å². The monoisotopic (exact) mass is 297 g/mol. The summed E-state index contributed by atoms with van der Waals surface area (Å²) >= 11 is 0. The lowest BCUT2D eigenvalue weighted by molar-refractivity contribution is -0.149. The van der Waals surface area contributed by atoms with Crippen LogP contribution in [0.4, 0.5) is 4.39 Å². The number of carbonyl (C=O) groups is 1. The third-order valence-electron chi connectivity index (χ3n) is 3.38. The van der Waals surface area contributed by atoms with Gasteiger partial charge in [-0.1, -0.05) is 13.0 Å². The molecule has 1 aromatic rings. The van der Waals surface area contributed by atoms with Crippen LogP contribution in [0.5, 0.6) is 5.75 Å². The number of benzene rings is 1. The van der Waals surface area contributed by atoms with E-state index in [-0.39, 0.29) is 17.9 Å². The van der Waals surface area contributed by atoms with Gasteiger partial charge in [0.25, 0.3) is 0 Å². The summed E-state index contributed by atoms with van der Waals surface area (Å²) in [5, 5.41) is 3.12. The van der Waals surface area contributed by atoms with Crippen molar-refractivity contribution in [3.05, 3.63) is 29.6 Å². The molecular weight excluding hydrogens is 273 g/mol. The quantitative estimate of drug-likeness (QED) is 0.786. The molecule has 1 N–H and O–H groups in total. The predicted octanol–water partition coefficient (Wildman–Crippen LogP) is 2.83. The Balaban J connectivity index is 2.80. The van der Waals surface area contributed by atoms with E-state index in [4.69, 9.17) is 9.47 Å². The lowest BCUT2D eigenvalue weighted by Crippen LogP contribution is -2.52. The van der Waals surface area contributed by atoms with Crippen molar-refractivity contribution >= 4 is 5.97 Å².